The Morgan fingerprint density at radius 1 is 1.29 bits per heavy atom. The number of carbonyl (C=O) groups is 1. The third-order valence-corrected chi connectivity index (χ3v) is 8.09. The molecule has 0 radical (unpaired) electrons. The molecule has 190 valence electrons. The van der Waals surface area contributed by atoms with E-state index in [1.54, 1.807) is 6.20 Å². The van der Waals surface area contributed by atoms with Crippen LogP contribution in [0.4, 0.5) is 4.79 Å². The second-order valence-electron chi connectivity index (χ2n) is 11.0. The van der Waals surface area contributed by atoms with E-state index in [0.29, 0.717) is 6.73 Å². The molecule has 0 bridgehead atoms. The zero-order valence-electron chi connectivity index (χ0n) is 21.7. The van der Waals surface area contributed by atoms with Gasteiger partial charge in [0.1, 0.15) is 18.4 Å². The summed E-state index contributed by atoms with van der Waals surface area (Å²) in [6.45, 7) is 12.1. The Morgan fingerprint density at radius 3 is 2.77 bits per heavy atom. The molecule has 4 rings (SSSR count). The molecule has 10 heteroatoms. The van der Waals surface area contributed by atoms with Crippen LogP contribution in [0.2, 0.25) is 25.7 Å². The van der Waals surface area contributed by atoms with E-state index in [0.717, 1.165) is 60.0 Å². The van der Waals surface area contributed by atoms with Crippen LogP contribution in [-0.4, -0.2) is 57.2 Å². The molecule has 0 aromatic carbocycles. The Balaban J connectivity index is 1.55. The van der Waals surface area contributed by atoms with Crippen molar-refractivity contribution in [3.05, 3.63) is 30.4 Å². The molecular weight excluding hydrogens is 460 g/mol. The smallest absolute Gasteiger partial charge is 0.407 e. The van der Waals surface area contributed by atoms with Gasteiger partial charge in [-0.2, -0.15) is 5.10 Å². The highest BCUT2D eigenvalue weighted by atomic mass is 28.3. The summed E-state index contributed by atoms with van der Waals surface area (Å²) >= 11 is 0. The molecule has 3 aromatic heterocycles. The Kier molecular flexibility index (Phi) is 7.61. The fourth-order valence-corrected chi connectivity index (χ4v) is 5.22. The van der Waals surface area contributed by atoms with Gasteiger partial charge in [-0.1, -0.05) is 19.6 Å². The van der Waals surface area contributed by atoms with Crippen LogP contribution in [0.25, 0.3) is 22.4 Å². The summed E-state index contributed by atoms with van der Waals surface area (Å²) < 4.78 is 15.5. The number of hydrogen-bond acceptors (Lipinski definition) is 6. The number of carbonyl (C=O) groups excluding carboxylic acids is 1. The summed E-state index contributed by atoms with van der Waals surface area (Å²) in [7, 11) is 0.781. The molecule has 3 heterocycles. The molecule has 0 saturated heterocycles. The number of fused-ring (bicyclic) bond motifs is 1. The molecule has 1 fully saturated rings. The SMILES string of the molecule is CC(C)NC(=O)O[C@@H]1CC[C@H](c2cnc3c(n2)c(-c2ccnn2C)cn3COCC[Si](C)(C)C)C1. The average Bonchev–Trinajstić information content (AvgIpc) is 3.48. The number of ether oxygens (including phenoxy) is 2. The molecule has 0 unspecified atom stereocenters. The van der Waals surface area contributed by atoms with Crippen LogP contribution < -0.4 is 5.32 Å². The van der Waals surface area contributed by atoms with Crippen LogP contribution in [-0.2, 0) is 23.3 Å². The van der Waals surface area contributed by atoms with Gasteiger partial charge < -0.3 is 19.4 Å². The molecule has 1 amide bonds. The van der Waals surface area contributed by atoms with Crippen molar-refractivity contribution in [2.45, 2.75) is 83.6 Å². The number of amides is 1. The first-order valence-corrected chi connectivity index (χ1v) is 16.2. The Morgan fingerprint density at radius 2 is 2.09 bits per heavy atom. The van der Waals surface area contributed by atoms with Gasteiger partial charge in [0.05, 0.1) is 17.6 Å². The van der Waals surface area contributed by atoms with Gasteiger partial charge in [0.2, 0.25) is 0 Å². The van der Waals surface area contributed by atoms with Crippen LogP contribution >= 0.6 is 0 Å². The van der Waals surface area contributed by atoms with Crippen molar-refractivity contribution in [2.75, 3.05) is 6.61 Å². The van der Waals surface area contributed by atoms with Gasteiger partial charge in [-0.3, -0.25) is 4.68 Å². The molecule has 3 aromatic rings. The maximum atomic E-state index is 12.0. The fraction of sp³-hybridized carbons (Fsp3) is 0.600. The molecule has 2 atom stereocenters. The summed E-state index contributed by atoms with van der Waals surface area (Å²) in [5.41, 5.74) is 4.57. The van der Waals surface area contributed by atoms with Crippen LogP contribution in [0.1, 0.15) is 44.7 Å². The number of rotatable bonds is 9. The van der Waals surface area contributed by atoms with Crippen molar-refractivity contribution in [1.82, 2.24) is 29.6 Å². The van der Waals surface area contributed by atoms with E-state index in [9.17, 15) is 4.79 Å². The van der Waals surface area contributed by atoms with Crippen molar-refractivity contribution in [3.63, 3.8) is 0 Å². The van der Waals surface area contributed by atoms with E-state index in [-0.39, 0.29) is 24.2 Å². The number of nitrogens with one attached hydrogen (secondary N) is 1. The lowest BCUT2D eigenvalue weighted by molar-refractivity contribution is 0.0899. The minimum Gasteiger partial charge on any atom is -0.446 e. The van der Waals surface area contributed by atoms with Crippen molar-refractivity contribution in [2.24, 2.45) is 7.05 Å². The van der Waals surface area contributed by atoms with E-state index >= 15 is 0 Å². The first kappa shape index (κ1) is 25.4. The van der Waals surface area contributed by atoms with Crippen LogP contribution in [0.15, 0.2) is 24.7 Å². The topological polar surface area (TPSA) is 96.1 Å². The van der Waals surface area contributed by atoms with Crippen LogP contribution in [0.5, 0.6) is 0 Å². The maximum absolute atomic E-state index is 12.0. The van der Waals surface area contributed by atoms with Gasteiger partial charge >= 0.3 is 6.09 Å². The van der Waals surface area contributed by atoms with Crippen molar-refractivity contribution >= 4 is 25.3 Å². The molecule has 0 aliphatic heterocycles. The number of aryl methyl sites for hydroxylation is 1. The van der Waals surface area contributed by atoms with Crippen molar-refractivity contribution in [3.8, 4) is 11.3 Å². The van der Waals surface area contributed by atoms with Gasteiger partial charge in [-0.15, -0.1) is 0 Å². The first-order valence-electron chi connectivity index (χ1n) is 12.5. The standard InChI is InChI=1S/C25H38N6O3Si/c1-17(2)28-25(32)34-19-8-7-18(13-19)21-14-26-24-23(29-21)20(22-9-10-27-30(22)3)15-31(24)16-33-11-12-35(4,5)6/h9-10,14-15,17-19H,7-8,11-13,16H2,1-6H3,(H,28,32)/t18-,19+/m0/s1. The zero-order valence-corrected chi connectivity index (χ0v) is 22.7. The quantitative estimate of drug-likeness (QED) is 0.332. The Bertz CT molecular complexity index is 1170. The molecule has 1 aliphatic rings. The molecule has 1 saturated carbocycles. The zero-order chi connectivity index (χ0) is 25.2. The molecular formula is C25H38N6O3Si. The third kappa shape index (κ3) is 6.29. The number of hydrogen-bond donors (Lipinski definition) is 1. The van der Waals surface area contributed by atoms with E-state index in [4.69, 9.17) is 19.4 Å². The van der Waals surface area contributed by atoms with Gasteiger partial charge in [-0.05, 0) is 45.2 Å². The largest absolute Gasteiger partial charge is 0.446 e. The minimum absolute atomic E-state index is 0.0574. The average molecular weight is 499 g/mol. The van der Waals surface area contributed by atoms with Gasteiger partial charge in [-0.25, -0.2) is 14.8 Å². The Hall–Kier alpha value is -2.72. The molecule has 0 spiro atoms. The lowest BCUT2D eigenvalue weighted by Crippen LogP contribution is -2.33. The summed E-state index contributed by atoms with van der Waals surface area (Å²) in [4.78, 5) is 21.9. The van der Waals surface area contributed by atoms with Crippen molar-refractivity contribution < 1.29 is 14.3 Å². The highest BCUT2D eigenvalue weighted by Gasteiger charge is 2.30. The molecule has 1 aliphatic carbocycles. The van der Waals surface area contributed by atoms with Crippen molar-refractivity contribution in [1.29, 1.82) is 0 Å². The second kappa shape index (κ2) is 10.5. The van der Waals surface area contributed by atoms with Gasteiger partial charge in [0.15, 0.2) is 5.65 Å². The number of alkyl carbamates (subject to hydrolysis) is 1. The molecule has 9 nitrogen and oxygen atoms in total. The monoisotopic (exact) mass is 498 g/mol. The number of nitrogens with zero attached hydrogens (tertiary/aromatic N) is 5. The van der Waals surface area contributed by atoms with Gasteiger partial charge in [0.25, 0.3) is 0 Å². The second-order valence-corrected chi connectivity index (χ2v) is 16.6. The van der Waals surface area contributed by atoms with E-state index in [1.807, 2.05) is 42.4 Å². The summed E-state index contributed by atoms with van der Waals surface area (Å²) in [5, 5.41) is 7.15. The normalized spacial score (nSPS) is 18.5. The van der Waals surface area contributed by atoms with E-state index < -0.39 is 8.07 Å². The summed E-state index contributed by atoms with van der Waals surface area (Å²) in [6, 6.07) is 3.17. The predicted molar refractivity (Wildman–Crippen MR) is 139 cm³/mol. The molecule has 35 heavy (non-hydrogen) atoms. The lowest BCUT2D eigenvalue weighted by Gasteiger charge is -2.15. The van der Waals surface area contributed by atoms with E-state index in [1.165, 1.54) is 0 Å². The minimum atomic E-state index is -1.15. The first-order chi connectivity index (χ1) is 16.6. The lowest BCUT2D eigenvalue weighted by atomic mass is 10.0. The van der Waals surface area contributed by atoms with Crippen LogP contribution in [0.3, 0.4) is 0 Å². The predicted octanol–water partition coefficient (Wildman–Crippen LogP) is 4.91. The highest BCUT2D eigenvalue weighted by molar-refractivity contribution is 6.76. The highest BCUT2D eigenvalue weighted by Crippen LogP contribution is 2.37. The van der Waals surface area contributed by atoms with E-state index in [2.05, 4.69) is 36.3 Å². The third-order valence-electron chi connectivity index (χ3n) is 6.39. The maximum Gasteiger partial charge on any atom is 0.407 e. The van der Waals surface area contributed by atoms with Crippen LogP contribution in [0, 0.1) is 0 Å². The number of aromatic nitrogens is 5. The molecule has 1 N–H and O–H groups in total. The Labute approximate surface area is 208 Å². The summed E-state index contributed by atoms with van der Waals surface area (Å²) in [6.07, 6.45) is 7.78. The summed E-state index contributed by atoms with van der Waals surface area (Å²) in [5.74, 6) is 0.208. The van der Waals surface area contributed by atoms with Gasteiger partial charge in [0, 0.05) is 51.6 Å². The fourth-order valence-electron chi connectivity index (χ4n) is 4.46.